The maximum atomic E-state index is 12.6. The van der Waals surface area contributed by atoms with Gasteiger partial charge in [0.2, 0.25) is 0 Å². The monoisotopic (exact) mass is 542 g/mol. The predicted molar refractivity (Wildman–Crippen MR) is 153 cm³/mol. The highest BCUT2D eigenvalue weighted by molar-refractivity contribution is 8.02. The van der Waals surface area contributed by atoms with Crippen LogP contribution < -0.4 is 0 Å². The third-order valence-corrected chi connectivity index (χ3v) is 9.71. The number of allylic oxidation sites excluding steroid dienone is 1. The van der Waals surface area contributed by atoms with E-state index >= 15 is 0 Å². The highest BCUT2D eigenvalue weighted by atomic mass is 35.5. The predicted octanol–water partition coefficient (Wildman–Crippen LogP) is 6.83. The average Bonchev–Trinajstić information content (AvgIpc) is 3.53. The van der Waals surface area contributed by atoms with Crippen molar-refractivity contribution in [2.24, 2.45) is 23.7 Å². The van der Waals surface area contributed by atoms with Crippen LogP contribution in [0.5, 0.6) is 0 Å². The number of thioether (sulfide) groups is 1. The molecule has 0 bridgehead atoms. The topological polar surface area (TPSA) is 23.6 Å². The molecule has 2 aromatic rings. The normalized spacial score (nSPS) is 25.6. The van der Waals surface area contributed by atoms with Crippen LogP contribution in [-0.2, 0) is 17.8 Å². The Morgan fingerprint density at radius 2 is 1.81 bits per heavy atom. The molecule has 0 amide bonds. The van der Waals surface area contributed by atoms with Gasteiger partial charge in [-0.25, -0.2) is 0 Å². The van der Waals surface area contributed by atoms with Crippen molar-refractivity contribution >= 4 is 40.7 Å². The van der Waals surface area contributed by atoms with Gasteiger partial charge in [-0.3, -0.25) is 9.69 Å². The molecule has 0 aromatic heterocycles. The van der Waals surface area contributed by atoms with Gasteiger partial charge in [0.05, 0.1) is 0 Å². The molecule has 3 atom stereocenters. The largest absolute Gasteiger partial charge is 0.303 e. The molecule has 3 heterocycles. The Balaban J connectivity index is 1.13. The lowest BCUT2D eigenvalue weighted by Gasteiger charge is -2.35. The van der Waals surface area contributed by atoms with Crippen LogP contribution in [0.15, 0.2) is 60.0 Å². The average molecular weight is 544 g/mol. The first-order valence-corrected chi connectivity index (χ1v) is 15.1. The number of piperidine rings is 1. The maximum absolute atomic E-state index is 12.6. The fourth-order valence-corrected chi connectivity index (χ4v) is 7.73. The van der Waals surface area contributed by atoms with Gasteiger partial charge in [0.15, 0.2) is 0 Å². The Labute approximate surface area is 230 Å². The summed E-state index contributed by atoms with van der Waals surface area (Å²) in [4.78, 5) is 17.9. The van der Waals surface area contributed by atoms with Gasteiger partial charge in [0.25, 0.3) is 0 Å². The standard InChI is InChI=1S/C30H36Cl2N2OS/c31-27-7-6-24(30(32)16-27)17-34-19-26(29(20-34)25-10-13-36-21-25)18-33-11-8-23(9-12-33)15-28(35)14-22-4-2-1-3-5-22/h1-7,10,13,16,23,25-26,29H,8-9,11-12,14-15,17-21H2/t25-,26+,29?/m1/s1. The van der Waals surface area contributed by atoms with Crippen molar-refractivity contribution in [3.63, 3.8) is 0 Å². The third kappa shape index (κ3) is 6.96. The van der Waals surface area contributed by atoms with E-state index < -0.39 is 0 Å². The van der Waals surface area contributed by atoms with Crippen molar-refractivity contribution in [3.05, 3.63) is 81.2 Å². The number of rotatable bonds is 9. The van der Waals surface area contributed by atoms with Gasteiger partial charge in [-0.2, -0.15) is 0 Å². The molecule has 3 aliphatic heterocycles. The molecule has 2 aromatic carbocycles. The van der Waals surface area contributed by atoms with Crippen LogP contribution in [0.3, 0.4) is 0 Å². The SMILES string of the molecule is O=C(Cc1ccccc1)CC1CCN(C[C@H]2CN(Cc3ccc(Cl)cc3Cl)CC2[C@@H]2C=CSC2)CC1. The highest BCUT2D eigenvalue weighted by Gasteiger charge is 2.39. The molecule has 1 unspecified atom stereocenters. The van der Waals surface area contributed by atoms with Crippen LogP contribution in [0.25, 0.3) is 0 Å². The zero-order valence-corrected chi connectivity index (χ0v) is 23.2. The minimum absolute atomic E-state index is 0.387. The molecule has 2 fully saturated rings. The van der Waals surface area contributed by atoms with Crippen molar-refractivity contribution < 1.29 is 4.79 Å². The molecule has 0 aliphatic carbocycles. The van der Waals surface area contributed by atoms with Crippen LogP contribution in [0, 0.1) is 23.7 Å². The Morgan fingerprint density at radius 1 is 1.00 bits per heavy atom. The Bertz CT molecular complexity index is 1050. The Kier molecular flexibility index (Phi) is 9.13. The molecule has 6 heteroatoms. The van der Waals surface area contributed by atoms with Gasteiger partial charge in [0.1, 0.15) is 5.78 Å². The zero-order valence-electron chi connectivity index (χ0n) is 20.8. The van der Waals surface area contributed by atoms with Crippen molar-refractivity contribution in [1.29, 1.82) is 0 Å². The van der Waals surface area contributed by atoms with Gasteiger partial charge < -0.3 is 4.90 Å². The second kappa shape index (κ2) is 12.5. The molecule has 5 rings (SSSR count). The lowest BCUT2D eigenvalue weighted by molar-refractivity contribution is -0.119. The molecular formula is C30H36Cl2N2OS. The molecule has 192 valence electrons. The Morgan fingerprint density at radius 3 is 2.53 bits per heavy atom. The molecular weight excluding hydrogens is 507 g/mol. The summed E-state index contributed by atoms with van der Waals surface area (Å²) in [6.45, 7) is 6.53. The smallest absolute Gasteiger partial charge is 0.137 e. The number of ketones is 1. The van der Waals surface area contributed by atoms with Crippen LogP contribution in [-0.4, -0.2) is 54.1 Å². The fourth-order valence-electron chi connectivity index (χ4n) is 6.25. The van der Waals surface area contributed by atoms with Gasteiger partial charge >= 0.3 is 0 Å². The first kappa shape index (κ1) is 26.3. The summed E-state index contributed by atoms with van der Waals surface area (Å²) < 4.78 is 0. The number of hydrogen-bond donors (Lipinski definition) is 0. The van der Waals surface area contributed by atoms with E-state index in [1.165, 1.54) is 5.75 Å². The molecule has 0 N–H and O–H groups in total. The van der Waals surface area contributed by atoms with Crippen molar-refractivity contribution in [3.8, 4) is 0 Å². The van der Waals surface area contributed by atoms with E-state index in [0.29, 0.717) is 40.9 Å². The summed E-state index contributed by atoms with van der Waals surface area (Å²) in [7, 11) is 0. The van der Waals surface area contributed by atoms with E-state index in [1.54, 1.807) is 0 Å². The second-order valence-electron chi connectivity index (χ2n) is 10.8. The van der Waals surface area contributed by atoms with Crippen molar-refractivity contribution in [2.45, 2.75) is 32.2 Å². The number of nitrogens with zero attached hydrogens (tertiary/aromatic N) is 2. The minimum Gasteiger partial charge on any atom is -0.303 e. The summed E-state index contributed by atoms with van der Waals surface area (Å²) in [6.07, 6.45) is 6.02. The molecule has 0 radical (unpaired) electrons. The molecule has 3 aliphatic rings. The lowest BCUT2D eigenvalue weighted by atomic mass is 9.84. The number of carbonyl (C=O) groups is 1. The van der Waals surface area contributed by atoms with Gasteiger partial charge in [0, 0.05) is 54.8 Å². The van der Waals surface area contributed by atoms with Crippen LogP contribution in [0.1, 0.15) is 30.4 Å². The lowest BCUT2D eigenvalue weighted by Crippen LogP contribution is -2.40. The number of hydrogen-bond acceptors (Lipinski definition) is 4. The van der Waals surface area contributed by atoms with Crippen molar-refractivity contribution in [1.82, 2.24) is 9.80 Å². The molecule has 36 heavy (non-hydrogen) atoms. The van der Waals surface area contributed by atoms with Crippen molar-refractivity contribution in [2.75, 3.05) is 38.5 Å². The van der Waals surface area contributed by atoms with Crippen LogP contribution in [0.2, 0.25) is 10.0 Å². The second-order valence-corrected chi connectivity index (χ2v) is 12.6. The van der Waals surface area contributed by atoms with E-state index in [2.05, 4.69) is 39.5 Å². The maximum Gasteiger partial charge on any atom is 0.137 e. The van der Waals surface area contributed by atoms with Crippen LogP contribution in [0.4, 0.5) is 0 Å². The summed E-state index contributed by atoms with van der Waals surface area (Å²) in [6, 6.07) is 16.0. The Hall–Kier alpha value is -1.30. The minimum atomic E-state index is 0.387. The molecule has 2 saturated heterocycles. The number of likely N-dealkylation sites (tertiary alicyclic amines) is 2. The molecule has 0 saturated carbocycles. The number of benzene rings is 2. The van der Waals surface area contributed by atoms with Gasteiger partial charge in [-0.05, 0) is 78.3 Å². The van der Waals surface area contributed by atoms with E-state index in [0.717, 1.165) is 74.7 Å². The van der Waals surface area contributed by atoms with Crippen LogP contribution >= 0.6 is 35.0 Å². The molecule has 0 spiro atoms. The summed E-state index contributed by atoms with van der Waals surface area (Å²) in [5.74, 6) is 4.15. The van der Waals surface area contributed by atoms with E-state index in [9.17, 15) is 4.79 Å². The first-order chi connectivity index (χ1) is 17.5. The highest BCUT2D eigenvalue weighted by Crippen LogP contribution is 2.38. The number of halogens is 2. The zero-order chi connectivity index (χ0) is 24.9. The summed E-state index contributed by atoms with van der Waals surface area (Å²) >= 11 is 14.6. The van der Waals surface area contributed by atoms with Gasteiger partial charge in [-0.15, -0.1) is 11.8 Å². The van der Waals surface area contributed by atoms with E-state index in [-0.39, 0.29) is 0 Å². The van der Waals surface area contributed by atoms with E-state index in [4.69, 9.17) is 23.2 Å². The van der Waals surface area contributed by atoms with E-state index in [1.807, 2.05) is 42.1 Å². The number of carbonyl (C=O) groups excluding carboxylic acids is 1. The quantitative estimate of drug-likeness (QED) is 0.346. The fraction of sp³-hybridized carbons (Fsp3) is 0.500. The molecule has 3 nitrogen and oxygen atoms in total. The summed E-state index contributed by atoms with van der Waals surface area (Å²) in [5.41, 5.74) is 2.30. The first-order valence-electron chi connectivity index (χ1n) is 13.3. The number of Topliss-reactive ketones (excluding diaryl/α,β-unsaturated/α-hetero) is 1. The summed E-state index contributed by atoms with van der Waals surface area (Å²) in [5, 5.41) is 3.75. The third-order valence-electron chi connectivity index (χ3n) is 8.20. The van der Waals surface area contributed by atoms with Gasteiger partial charge in [-0.1, -0.05) is 65.7 Å².